The van der Waals surface area contributed by atoms with Crippen LogP contribution in [0.1, 0.15) is 0 Å². The molecule has 0 unspecified atom stereocenters. The average molecular weight is 273 g/mol. The molecule has 0 saturated heterocycles. The molecule has 0 radical (unpaired) electrons. The highest BCUT2D eigenvalue weighted by molar-refractivity contribution is 6.99. The summed E-state index contributed by atoms with van der Waals surface area (Å²) in [5.74, 6) is 0. The molecule has 2 aromatic carbocycles. The molecule has 0 bridgehead atoms. The number of aromatic nitrogens is 2. The van der Waals surface area contributed by atoms with Gasteiger partial charge in [-0.15, -0.1) is 0 Å². The number of hydrogen-bond donors (Lipinski definition) is 0. The molecular weight excluding hydrogens is 264 g/mol. The minimum atomic E-state index is 0.725. The van der Waals surface area contributed by atoms with Crippen molar-refractivity contribution in [1.82, 2.24) is 8.75 Å². The van der Waals surface area contributed by atoms with Crippen molar-refractivity contribution >= 4 is 23.3 Å². The van der Waals surface area contributed by atoms with Gasteiger partial charge in [0.1, 0.15) is 11.4 Å². The molecule has 0 fully saturated rings. The predicted octanol–water partition coefficient (Wildman–Crippen LogP) is 4.53. The maximum absolute atomic E-state index is 5.90. The third-order valence-electron chi connectivity index (χ3n) is 2.65. The molecule has 18 heavy (non-hydrogen) atoms. The second-order valence-electron chi connectivity index (χ2n) is 3.83. The van der Waals surface area contributed by atoms with Crippen LogP contribution >= 0.6 is 23.3 Å². The summed E-state index contributed by atoms with van der Waals surface area (Å²) in [5.41, 5.74) is 3.94. The SMILES string of the molecule is Clc1ccc(-c2nsnc2-c2ccccc2)cc1. The zero-order chi connectivity index (χ0) is 12.4. The van der Waals surface area contributed by atoms with Crippen molar-refractivity contribution in [2.24, 2.45) is 0 Å². The molecule has 0 amide bonds. The average Bonchev–Trinajstić information content (AvgIpc) is 2.90. The summed E-state index contributed by atoms with van der Waals surface area (Å²) in [6.07, 6.45) is 0. The summed E-state index contributed by atoms with van der Waals surface area (Å²) < 4.78 is 8.76. The van der Waals surface area contributed by atoms with Crippen LogP contribution in [0.2, 0.25) is 5.02 Å². The number of rotatable bonds is 2. The van der Waals surface area contributed by atoms with Gasteiger partial charge in [-0.05, 0) is 12.1 Å². The van der Waals surface area contributed by atoms with Crippen LogP contribution in [0.3, 0.4) is 0 Å². The van der Waals surface area contributed by atoms with Crippen LogP contribution in [0.15, 0.2) is 54.6 Å². The predicted molar refractivity (Wildman–Crippen MR) is 75.8 cm³/mol. The van der Waals surface area contributed by atoms with Crippen LogP contribution in [0.4, 0.5) is 0 Å². The Labute approximate surface area is 114 Å². The first-order valence-electron chi connectivity index (χ1n) is 5.48. The van der Waals surface area contributed by atoms with E-state index in [1.54, 1.807) is 0 Å². The topological polar surface area (TPSA) is 25.8 Å². The summed E-state index contributed by atoms with van der Waals surface area (Å²) in [6.45, 7) is 0. The molecule has 0 spiro atoms. The van der Waals surface area contributed by atoms with Gasteiger partial charge in [0.2, 0.25) is 0 Å². The Bertz CT molecular complexity index is 647. The lowest BCUT2D eigenvalue weighted by Gasteiger charge is -2.01. The van der Waals surface area contributed by atoms with E-state index < -0.39 is 0 Å². The zero-order valence-electron chi connectivity index (χ0n) is 9.38. The Morgan fingerprint density at radius 3 is 1.89 bits per heavy atom. The molecule has 0 N–H and O–H groups in total. The molecule has 0 aliphatic heterocycles. The summed E-state index contributed by atoms with van der Waals surface area (Å²) in [5, 5.41) is 0.725. The Kier molecular flexibility index (Phi) is 3.09. The van der Waals surface area contributed by atoms with E-state index in [1.807, 2.05) is 54.6 Å². The van der Waals surface area contributed by atoms with Gasteiger partial charge in [0, 0.05) is 16.1 Å². The van der Waals surface area contributed by atoms with Gasteiger partial charge in [0.25, 0.3) is 0 Å². The van der Waals surface area contributed by atoms with Crippen LogP contribution in [-0.2, 0) is 0 Å². The smallest absolute Gasteiger partial charge is 0.112 e. The zero-order valence-corrected chi connectivity index (χ0v) is 10.9. The Hall–Kier alpha value is -1.71. The second-order valence-corrected chi connectivity index (χ2v) is 4.80. The third-order valence-corrected chi connectivity index (χ3v) is 3.43. The quantitative estimate of drug-likeness (QED) is 0.685. The summed E-state index contributed by atoms with van der Waals surface area (Å²) in [6, 6.07) is 17.7. The minimum absolute atomic E-state index is 0.725. The van der Waals surface area contributed by atoms with Gasteiger partial charge < -0.3 is 0 Å². The highest BCUT2D eigenvalue weighted by Crippen LogP contribution is 2.30. The first-order valence-corrected chi connectivity index (χ1v) is 6.59. The Morgan fingerprint density at radius 2 is 1.28 bits per heavy atom. The van der Waals surface area contributed by atoms with Gasteiger partial charge >= 0.3 is 0 Å². The molecule has 0 saturated carbocycles. The van der Waals surface area contributed by atoms with E-state index in [-0.39, 0.29) is 0 Å². The van der Waals surface area contributed by atoms with Gasteiger partial charge in [-0.2, -0.15) is 8.75 Å². The summed E-state index contributed by atoms with van der Waals surface area (Å²) >= 11 is 7.12. The molecule has 2 nitrogen and oxygen atoms in total. The molecule has 0 aliphatic rings. The third kappa shape index (κ3) is 2.15. The van der Waals surface area contributed by atoms with Crippen molar-refractivity contribution < 1.29 is 0 Å². The number of nitrogens with zero attached hydrogens (tertiary/aromatic N) is 2. The van der Waals surface area contributed by atoms with Crippen molar-refractivity contribution in [3.8, 4) is 22.5 Å². The number of hydrogen-bond acceptors (Lipinski definition) is 3. The van der Waals surface area contributed by atoms with E-state index in [1.165, 1.54) is 11.7 Å². The van der Waals surface area contributed by atoms with Gasteiger partial charge in [-0.25, -0.2) is 0 Å². The van der Waals surface area contributed by atoms with Crippen LogP contribution in [-0.4, -0.2) is 8.75 Å². The second kappa shape index (κ2) is 4.88. The number of halogens is 1. The van der Waals surface area contributed by atoms with Crippen molar-refractivity contribution in [2.45, 2.75) is 0 Å². The van der Waals surface area contributed by atoms with Gasteiger partial charge in [-0.1, -0.05) is 54.1 Å². The van der Waals surface area contributed by atoms with Crippen molar-refractivity contribution in [2.75, 3.05) is 0 Å². The largest absolute Gasteiger partial charge is 0.172 e. The normalized spacial score (nSPS) is 10.5. The first kappa shape index (κ1) is 11.4. The fourth-order valence-electron chi connectivity index (χ4n) is 1.77. The van der Waals surface area contributed by atoms with E-state index in [9.17, 15) is 0 Å². The van der Waals surface area contributed by atoms with E-state index in [0.29, 0.717) is 0 Å². The maximum atomic E-state index is 5.90. The highest BCUT2D eigenvalue weighted by atomic mass is 35.5. The maximum Gasteiger partial charge on any atom is 0.112 e. The lowest BCUT2D eigenvalue weighted by atomic mass is 10.1. The fraction of sp³-hybridized carbons (Fsp3) is 0. The summed E-state index contributed by atoms with van der Waals surface area (Å²) in [7, 11) is 0. The van der Waals surface area contributed by atoms with Gasteiger partial charge in [0.15, 0.2) is 0 Å². The Morgan fingerprint density at radius 1 is 0.722 bits per heavy atom. The van der Waals surface area contributed by atoms with Gasteiger partial charge in [-0.3, -0.25) is 0 Å². The standard InChI is InChI=1S/C14H9ClN2S/c15-12-8-6-11(7-9-12)14-13(16-18-17-14)10-4-2-1-3-5-10/h1-9H. The van der Waals surface area contributed by atoms with Crippen LogP contribution in [0, 0.1) is 0 Å². The summed E-state index contributed by atoms with van der Waals surface area (Å²) in [4.78, 5) is 0. The molecule has 3 rings (SSSR count). The first-order chi connectivity index (χ1) is 8.84. The fourth-order valence-corrected chi connectivity index (χ4v) is 2.49. The van der Waals surface area contributed by atoms with E-state index in [0.717, 1.165) is 27.5 Å². The van der Waals surface area contributed by atoms with Crippen LogP contribution in [0.5, 0.6) is 0 Å². The monoisotopic (exact) mass is 272 g/mol. The lowest BCUT2D eigenvalue weighted by molar-refractivity contribution is 1.47. The van der Waals surface area contributed by atoms with Crippen molar-refractivity contribution in [1.29, 1.82) is 0 Å². The highest BCUT2D eigenvalue weighted by Gasteiger charge is 2.11. The molecule has 1 aromatic heterocycles. The van der Waals surface area contributed by atoms with Crippen molar-refractivity contribution in [3.63, 3.8) is 0 Å². The molecular formula is C14H9ClN2S. The van der Waals surface area contributed by atoms with Crippen molar-refractivity contribution in [3.05, 3.63) is 59.6 Å². The molecule has 0 aliphatic carbocycles. The molecule has 0 atom stereocenters. The molecule has 4 heteroatoms. The van der Waals surface area contributed by atoms with E-state index >= 15 is 0 Å². The van der Waals surface area contributed by atoms with E-state index in [4.69, 9.17) is 11.6 Å². The molecule has 1 heterocycles. The number of benzene rings is 2. The van der Waals surface area contributed by atoms with Gasteiger partial charge in [0.05, 0.1) is 11.7 Å². The Balaban J connectivity index is 2.10. The molecule has 88 valence electrons. The molecule has 3 aromatic rings. The van der Waals surface area contributed by atoms with E-state index in [2.05, 4.69) is 8.75 Å². The van der Waals surface area contributed by atoms with Crippen LogP contribution in [0.25, 0.3) is 22.5 Å². The lowest BCUT2D eigenvalue weighted by Crippen LogP contribution is -1.83. The minimum Gasteiger partial charge on any atom is -0.172 e. The van der Waals surface area contributed by atoms with Crippen LogP contribution < -0.4 is 0 Å².